The smallest absolute Gasteiger partial charge is 0.0834 e. The van der Waals surface area contributed by atoms with Crippen LogP contribution < -0.4 is 5.32 Å². The van der Waals surface area contributed by atoms with E-state index in [4.69, 9.17) is 11.6 Å². The molecule has 0 radical (unpaired) electrons. The summed E-state index contributed by atoms with van der Waals surface area (Å²) < 4.78 is 2.00. The molecule has 2 unspecified atom stereocenters. The average Bonchev–Trinajstić information content (AvgIpc) is 2.71. The van der Waals surface area contributed by atoms with Crippen molar-refractivity contribution in [2.24, 2.45) is 0 Å². The standard InChI is InChI=1S/C14H26ClN5/c1-5-20-14(11(15)9-17-20)13(16-2)12-10-18(3)7-6-8-19(12)4/h9,12-13,16H,5-8,10H2,1-4H3. The Morgan fingerprint density at radius 3 is 2.85 bits per heavy atom. The second-order valence-electron chi connectivity index (χ2n) is 5.62. The van der Waals surface area contributed by atoms with Crippen molar-refractivity contribution in [1.82, 2.24) is 24.9 Å². The average molecular weight is 300 g/mol. The normalized spacial score (nSPS) is 23.8. The van der Waals surface area contributed by atoms with Crippen LogP contribution in [0.15, 0.2) is 6.20 Å². The fourth-order valence-corrected chi connectivity index (χ4v) is 3.37. The Morgan fingerprint density at radius 1 is 1.45 bits per heavy atom. The fourth-order valence-electron chi connectivity index (χ4n) is 3.11. The molecule has 20 heavy (non-hydrogen) atoms. The Kier molecular flexibility index (Phi) is 5.43. The second kappa shape index (κ2) is 6.89. The van der Waals surface area contributed by atoms with Gasteiger partial charge in [0.05, 0.1) is 23.0 Å². The number of nitrogens with zero attached hydrogens (tertiary/aromatic N) is 4. The largest absolute Gasteiger partial charge is 0.310 e. The van der Waals surface area contributed by atoms with E-state index >= 15 is 0 Å². The van der Waals surface area contributed by atoms with Crippen molar-refractivity contribution in [1.29, 1.82) is 0 Å². The Balaban J connectivity index is 2.32. The number of halogens is 1. The monoisotopic (exact) mass is 299 g/mol. The maximum atomic E-state index is 6.39. The minimum atomic E-state index is 0.190. The summed E-state index contributed by atoms with van der Waals surface area (Å²) in [7, 11) is 6.40. The quantitative estimate of drug-likeness (QED) is 0.913. The van der Waals surface area contributed by atoms with E-state index < -0.39 is 0 Å². The molecule has 0 saturated carbocycles. The van der Waals surface area contributed by atoms with Crippen molar-refractivity contribution in [3.63, 3.8) is 0 Å². The van der Waals surface area contributed by atoms with Gasteiger partial charge in [-0.15, -0.1) is 0 Å². The first-order valence-electron chi connectivity index (χ1n) is 7.35. The molecular weight excluding hydrogens is 274 g/mol. The van der Waals surface area contributed by atoms with Gasteiger partial charge in [0.25, 0.3) is 0 Å². The van der Waals surface area contributed by atoms with Crippen molar-refractivity contribution >= 4 is 11.6 Å². The molecule has 6 heteroatoms. The third-order valence-electron chi connectivity index (χ3n) is 4.24. The SMILES string of the molecule is CCn1ncc(Cl)c1C(NC)C1CN(C)CCCN1C. The molecule has 0 bridgehead atoms. The van der Waals surface area contributed by atoms with Crippen LogP contribution in [0, 0.1) is 0 Å². The van der Waals surface area contributed by atoms with Gasteiger partial charge in [0, 0.05) is 19.1 Å². The first-order valence-corrected chi connectivity index (χ1v) is 7.73. The third kappa shape index (κ3) is 3.17. The first kappa shape index (κ1) is 15.8. The highest BCUT2D eigenvalue weighted by atomic mass is 35.5. The molecule has 0 amide bonds. The van der Waals surface area contributed by atoms with Gasteiger partial charge >= 0.3 is 0 Å². The molecule has 0 spiro atoms. The minimum Gasteiger partial charge on any atom is -0.310 e. The molecule has 1 saturated heterocycles. The number of likely N-dealkylation sites (N-methyl/N-ethyl adjacent to an activating group) is 3. The number of rotatable bonds is 4. The molecular formula is C14H26ClN5. The molecule has 2 rings (SSSR count). The summed E-state index contributed by atoms with van der Waals surface area (Å²) in [5.74, 6) is 0. The third-order valence-corrected chi connectivity index (χ3v) is 4.53. The molecule has 5 nitrogen and oxygen atoms in total. The van der Waals surface area contributed by atoms with Crippen LogP contribution in [-0.4, -0.2) is 66.4 Å². The van der Waals surface area contributed by atoms with Gasteiger partial charge in [0.1, 0.15) is 0 Å². The minimum absolute atomic E-state index is 0.190. The highest BCUT2D eigenvalue weighted by Crippen LogP contribution is 2.28. The molecule has 1 aliphatic heterocycles. The van der Waals surface area contributed by atoms with E-state index in [1.54, 1.807) is 6.20 Å². The van der Waals surface area contributed by atoms with Crippen molar-refractivity contribution in [3.8, 4) is 0 Å². The maximum absolute atomic E-state index is 6.39. The van der Waals surface area contributed by atoms with Gasteiger partial charge in [-0.05, 0) is 47.6 Å². The zero-order valence-electron chi connectivity index (χ0n) is 12.9. The summed E-state index contributed by atoms with van der Waals surface area (Å²) in [6.07, 6.45) is 2.96. The Labute approximate surface area is 126 Å². The van der Waals surface area contributed by atoms with Crippen LogP contribution in [0.25, 0.3) is 0 Å². The highest BCUT2D eigenvalue weighted by Gasteiger charge is 2.32. The number of aromatic nitrogens is 2. The fraction of sp³-hybridized carbons (Fsp3) is 0.786. The molecule has 1 N–H and O–H groups in total. The second-order valence-corrected chi connectivity index (χ2v) is 6.03. The lowest BCUT2D eigenvalue weighted by molar-refractivity contribution is 0.178. The lowest BCUT2D eigenvalue weighted by Crippen LogP contribution is -2.47. The maximum Gasteiger partial charge on any atom is 0.0834 e. The van der Waals surface area contributed by atoms with Crippen molar-refractivity contribution < 1.29 is 0 Å². The Morgan fingerprint density at radius 2 is 2.20 bits per heavy atom. The number of aryl methyl sites for hydroxylation is 1. The van der Waals surface area contributed by atoms with Crippen LogP contribution in [0.5, 0.6) is 0 Å². The van der Waals surface area contributed by atoms with E-state index in [0.717, 1.165) is 36.9 Å². The van der Waals surface area contributed by atoms with Crippen molar-refractivity contribution in [2.45, 2.75) is 32.0 Å². The topological polar surface area (TPSA) is 36.3 Å². The lowest BCUT2D eigenvalue weighted by Gasteiger charge is -2.34. The molecule has 1 aromatic rings. The zero-order valence-corrected chi connectivity index (χ0v) is 13.7. The van der Waals surface area contributed by atoms with Gasteiger partial charge in [-0.3, -0.25) is 4.68 Å². The Hall–Kier alpha value is -0.620. The lowest BCUT2D eigenvalue weighted by atomic mass is 10.0. The van der Waals surface area contributed by atoms with Crippen LogP contribution >= 0.6 is 11.6 Å². The summed E-state index contributed by atoms with van der Waals surface area (Å²) in [4.78, 5) is 4.84. The van der Waals surface area contributed by atoms with Crippen molar-refractivity contribution in [2.75, 3.05) is 40.8 Å². The first-order chi connectivity index (χ1) is 9.58. The predicted molar refractivity (Wildman–Crippen MR) is 83.2 cm³/mol. The summed E-state index contributed by atoms with van der Waals surface area (Å²) in [6, 6.07) is 0.586. The van der Waals surface area contributed by atoms with Gasteiger partial charge in [-0.2, -0.15) is 5.10 Å². The van der Waals surface area contributed by atoms with Gasteiger partial charge in [0.2, 0.25) is 0 Å². The van der Waals surface area contributed by atoms with Crippen LogP contribution in [0.1, 0.15) is 25.1 Å². The van der Waals surface area contributed by atoms with E-state index in [-0.39, 0.29) is 6.04 Å². The molecule has 2 atom stereocenters. The van der Waals surface area contributed by atoms with Crippen LogP contribution in [0.2, 0.25) is 5.02 Å². The molecule has 2 heterocycles. The van der Waals surface area contributed by atoms with Gasteiger partial charge in [0.15, 0.2) is 0 Å². The molecule has 0 aromatic carbocycles. The van der Waals surface area contributed by atoms with E-state index in [2.05, 4.69) is 41.2 Å². The summed E-state index contributed by atoms with van der Waals surface area (Å²) in [5.41, 5.74) is 1.10. The van der Waals surface area contributed by atoms with Crippen LogP contribution in [0.4, 0.5) is 0 Å². The van der Waals surface area contributed by atoms with E-state index in [1.165, 1.54) is 6.42 Å². The molecule has 1 aliphatic rings. The van der Waals surface area contributed by atoms with Gasteiger partial charge in [-0.25, -0.2) is 0 Å². The molecule has 1 fully saturated rings. The van der Waals surface area contributed by atoms with E-state index in [1.807, 2.05) is 11.7 Å². The molecule has 114 valence electrons. The number of hydrogen-bond acceptors (Lipinski definition) is 4. The number of nitrogens with one attached hydrogen (secondary N) is 1. The Bertz CT molecular complexity index is 433. The highest BCUT2D eigenvalue weighted by molar-refractivity contribution is 6.31. The number of hydrogen-bond donors (Lipinski definition) is 1. The van der Waals surface area contributed by atoms with E-state index in [0.29, 0.717) is 6.04 Å². The van der Waals surface area contributed by atoms with Gasteiger partial charge < -0.3 is 15.1 Å². The zero-order chi connectivity index (χ0) is 14.7. The summed E-state index contributed by atoms with van der Waals surface area (Å²) in [5, 5.41) is 8.59. The molecule has 1 aromatic heterocycles. The van der Waals surface area contributed by atoms with Crippen LogP contribution in [-0.2, 0) is 6.54 Å². The van der Waals surface area contributed by atoms with E-state index in [9.17, 15) is 0 Å². The van der Waals surface area contributed by atoms with Crippen LogP contribution in [0.3, 0.4) is 0 Å². The predicted octanol–water partition coefficient (Wildman–Crippen LogP) is 1.45. The summed E-state index contributed by atoms with van der Waals surface area (Å²) in [6.45, 7) is 6.24. The van der Waals surface area contributed by atoms with Crippen molar-refractivity contribution in [3.05, 3.63) is 16.9 Å². The molecule has 0 aliphatic carbocycles. The summed E-state index contributed by atoms with van der Waals surface area (Å²) >= 11 is 6.39. The van der Waals surface area contributed by atoms with Gasteiger partial charge in [-0.1, -0.05) is 11.6 Å².